The van der Waals surface area contributed by atoms with Crippen LogP contribution in [-0.4, -0.2) is 45.6 Å². The van der Waals surface area contributed by atoms with Crippen LogP contribution in [0.1, 0.15) is 51.2 Å². The van der Waals surface area contributed by atoms with Crippen molar-refractivity contribution in [3.63, 3.8) is 0 Å². The molecule has 7 nitrogen and oxygen atoms in total. The number of aromatic nitrogens is 2. The normalized spacial score (nSPS) is 17.8. The Labute approximate surface area is 193 Å². The molecule has 33 heavy (non-hydrogen) atoms. The Bertz CT molecular complexity index is 1180. The summed E-state index contributed by atoms with van der Waals surface area (Å²) in [6.07, 6.45) is 3.73. The molecular weight excluding hydrogens is 423 g/mol. The molecule has 2 aliphatic rings. The van der Waals surface area contributed by atoms with E-state index < -0.39 is 11.4 Å². The molecule has 8 heteroatoms. The Morgan fingerprint density at radius 2 is 2.06 bits per heavy atom. The van der Waals surface area contributed by atoms with Crippen molar-refractivity contribution >= 4 is 6.09 Å². The number of carbonyl (C=O) groups excluding carboxylic acids is 1. The predicted molar refractivity (Wildman–Crippen MR) is 120 cm³/mol. The van der Waals surface area contributed by atoms with Crippen LogP contribution in [0.4, 0.5) is 9.18 Å². The molecule has 0 radical (unpaired) electrons. The smallest absolute Gasteiger partial charge is 0.410 e. The van der Waals surface area contributed by atoms with E-state index in [9.17, 15) is 10.1 Å². The molecule has 2 heterocycles. The van der Waals surface area contributed by atoms with E-state index in [1.807, 2.05) is 20.8 Å². The number of nitriles is 1. The molecule has 0 N–H and O–H groups in total. The lowest BCUT2D eigenvalue weighted by Gasteiger charge is -2.24. The summed E-state index contributed by atoms with van der Waals surface area (Å²) in [6.45, 7) is 6.45. The molecular formula is C25H27FN4O3. The Balaban J connectivity index is 1.64. The summed E-state index contributed by atoms with van der Waals surface area (Å²) in [4.78, 5) is 13.9. The Morgan fingerprint density at radius 3 is 2.67 bits per heavy atom. The summed E-state index contributed by atoms with van der Waals surface area (Å²) in [5.41, 5.74) is 0.362. The van der Waals surface area contributed by atoms with Crippen molar-refractivity contribution in [1.82, 2.24) is 14.7 Å². The lowest BCUT2D eigenvalue weighted by atomic mass is 9.99. The minimum absolute atomic E-state index is 0.0416. The van der Waals surface area contributed by atoms with Gasteiger partial charge in [0.25, 0.3) is 0 Å². The van der Waals surface area contributed by atoms with Crippen molar-refractivity contribution in [3.05, 3.63) is 35.3 Å². The van der Waals surface area contributed by atoms with Crippen LogP contribution in [0.5, 0.6) is 5.75 Å². The average molecular weight is 451 g/mol. The highest BCUT2D eigenvalue weighted by Crippen LogP contribution is 2.37. The van der Waals surface area contributed by atoms with Crippen LogP contribution >= 0.6 is 0 Å². The van der Waals surface area contributed by atoms with Crippen molar-refractivity contribution in [2.45, 2.75) is 51.7 Å². The maximum Gasteiger partial charge on any atom is 0.410 e. The third-order valence-electron chi connectivity index (χ3n) is 5.49. The second kappa shape index (κ2) is 8.78. The Hall–Kier alpha value is -3.52. The van der Waals surface area contributed by atoms with E-state index >= 15 is 4.39 Å². The van der Waals surface area contributed by atoms with E-state index in [0.717, 1.165) is 12.8 Å². The molecule has 1 saturated carbocycles. The van der Waals surface area contributed by atoms with Crippen LogP contribution in [0.2, 0.25) is 0 Å². The van der Waals surface area contributed by atoms with Gasteiger partial charge < -0.3 is 14.4 Å². The van der Waals surface area contributed by atoms with Gasteiger partial charge in [-0.3, -0.25) is 4.68 Å². The molecule has 0 spiro atoms. The summed E-state index contributed by atoms with van der Waals surface area (Å²) in [5, 5.41) is 13.9. The third-order valence-corrected chi connectivity index (χ3v) is 5.49. The van der Waals surface area contributed by atoms with Crippen molar-refractivity contribution in [2.75, 3.05) is 13.1 Å². The fraction of sp³-hybridized carbons (Fsp3) is 0.480. The molecule has 1 aromatic heterocycles. The van der Waals surface area contributed by atoms with Gasteiger partial charge in [-0.25, -0.2) is 9.18 Å². The summed E-state index contributed by atoms with van der Waals surface area (Å²) in [7, 11) is 1.69. The molecule has 0 bridgehead atoms. The number of hydrogen-bond acceptors (Lipinski definition) is 5. The van der Waals surface area contributed by atoms with Crippen LogP contribution in [0.3, 0.4) is 0 Å². The van der Waals surface area contributed by atoms with E-state index in [1.54, 1.807) is 24.2 Å². The van der Waals surface area contributed by atoms with Crippen LogP contribution < -0.4 is 4.74 Å². The first-order valence-corrected chi connectivity index (χ1v) is 11.1. The first-order valence-electron chi connectivity index (χ1n) is 11.1. The van der Waals surface area contributed by atoms with E-state index in [4.69, 9.17) is 9.47 Å². The fourth-order valence-electron chi connectivity index (χ4n) is 3.70. The van der Waals surface area contributed by atoms with Crippen molar-refractivity contribution < 1.29 is 18.7 Å². The maximum atomic E-state index is 15.6. The van der Waals surface area contributed by atoms with Gasteiger partial charge >= 0.3 is 6.09 Å². The molecule has 2 aromatic rings. The van der Waals surface area contributed by atoms with Crippen LogP contribution in [0.25, 0.3) is 11.3 Å². The van der Waals surface area contributed by atoms with E-state index in [2.05, 4.69) is 23.0 Å². The van der Waals surface area contributed by atoms with Gasteiger partial charge in [-0.2, -0.15) is 10.4 Å². The molecule has 1 amide bonds. The zero-order valence-electron chi connectivity index (χ0n) is 19.3. The number of aryl methyl sites for hydroxylation is 1. The zero-order chi connectivity index (χ0) is 23.8. The Kier molecular flexibility index (Phi) is 6.03. The van der Waals surface area contributed by atoms with Gasteiger partial charge in [-0.15, -0.1) is 0 Å². The quantitative estimate of drug-likeness (QED) is 0.653. The number of ether oxygens (including phenoxy) is 2. The maximum absolute atomic E-state index is 15.6. The standard InChI is InChI=1S/C25H27FN4O3/c1-25(2,3)33-24(31)30-12-10-16(15-30)5-6-17-13-21(32-18-7-8-18)19(14-27)22(23(17)26)20-9-11-28-29(20)4/h9,11,13,16,18H,7-8,10,12,15H2,1-4H3. The monoisotopic (exact) mass is 450 g/mol. The van der Waals surface area contributed by atoms with E-state index in [1.165, 1.54) is 10.7 Å². The van der Waals surface area contributed by atoms with E-state index in [0.29, 0.717) is 31.0 Å². The number of carbonyl (C=O) groups is 1. The number of rotatable bonds is 3. The molecule has 1 aliphatic carbocycles. The lowest BCUT2D eigenvalue weighted by molar-refractivity contribution is 0.0291. The second-order valence-electron chi connectivity index (χ2n) is 9.44. The number of halogens is 1. The van der Waals surface area contributed by atoms with Gasteiger partial charge in [0.2, 0.25) is 0 Å². The summed E-state index contributed by atoms with van der Waals surface area (Å²) >= 11 is 0. The number of nitrogens with zero attached hydrogens (tertiary/aromatic N) is 4. The van der Waals surface area contributed by atoms with Gasteiger partial charge in [0.15, 0.2) is 0 Å². The topological polar surface area (TPSA) is 80.4 Å². The van der Waals surface area contributed by atoms with E-state index in [-0.39, 0.29) is 34.8 Å². The molecule has 1 aliphatic heterocycles. The molecule has 2 fully saturated rings. The third kappa shape index (κ3) is 5.12. The summed E-state index contributed by atoms with van der Waals surface area (Å²) < 4.78 is 28.5. The first-order chi connectivity index (χ1) is 15.7. The highest BCUT2D eigenvalue weighted by atomic mass is 19.1. The second-order valence-corrected chi connectivity index (χ2v) is 9.44. The number of hydrogen-bond donors (Lipinski definition) is 0. The zero-order valence-corrected chi connectivity index (χ0v) is 19.3. The van der Waals surface area contributed by atoms with Crippen molar-refractivity contribution in [3.8, 4) is 34.9 Å². The van der Waals surface area contributed by atoms with Crippen LogP contribution in [0.15, 0.2) is 18.3 Å². The minimum atomic E-state index is -0.576. The largest absolute Gasteiger partial charge is 0.489 e. The molecule has 1 atom stereocenters. The van der Waals surface area contributed by atoms with Crippen molar-refractivity contribution in [1.29, 1.82) is 5.26 Å². The SMILES string of the molecule is Cn1nccc1-c1c(F)c(C#CC2CCN(C(=O)OC(C)(C)C)C2)cc(OC2CC2)c1C#N. The first kappa shape index (κ1) is 22.7. The molecule has 1 saturated heterocycles. The summed E-state index contributed by atoms with van der Waals surface area (Å²) in [5.74, 6) is 5.72. The van der Waals surface area contributed by atoms with Gasteiger partial charge in [0.1, 0.15) is 28.8 Å². The van der Waals surface area contributed by atoms with Gasteiger partial charge in [0, 0.05) is 38.3 Å². The minimum Gasteiger partial charge on any atom is -0.489 e. The molecule has 1 aromatic carbocycles. The van der Waals surface area contributed by atoms with Gasteiger partial charge in [-0.05, 0) is 46.1 Å². The molecule has 4 rings (SSSR count). The van der Waals surface area contributed by atoms with Crippen molar-refractivity contribution in [2.24, 2.45) is 13.0 Å². The molecule has 1 unspecified atom stereocenters. The van der Waals surface area contributed by atoms with Gasteiger partial charge in [0.05, 0.1) is 22.9 Å². The lowest BCUT2D eigenvalue weighted by Crippen LogP contribution is -2.35. The van der Waals surface area contributed by atoms with Crippen LogP contribution in [-0.2, 0) is 11.8 Å². The number of likely N-dealkylation sites (tertiary alicyclic amines) is 1. The number of benzene rings is 1. The highest BCUT2D eigenvalue weighted by Gasteiger charge is 2.30. The molecule has 172 valence electrons. The van der Waals surface area contributed by atoms with Crippen LogP contribution in [0, 0.1) is 34.9 Å². The van der Waals surface area contributed by atoms with Gasteiger partial charge in [-0.1, -0.05) is 11.8 Å². The summed E-state index contributed by atoms with van der Waals surface area (Å²) in [6, 6.07) is 5.28. The predicted octanol–water partition coefficient (Wildman–Crippen LogP) is 4.25. The highest BCUT2D eigenvalue weighted by molar-refractivity contribution is 5.74. The Morgan fingerprint density at radius 1 is 1.30 bits per heavy atom. The average Bonchev–Trinajstić information content (AvgIpc) is 3.25. The fourth-order valence-corrected chi connectivity index (χ4v) is 3.70. The number of amides is 1.